The summed E-state index contributed by atoms with van der Waals surface area (Å²) in [5.41, 5.74) is 6.43. The van der Waals surface area contributed by atoms with Gasteiger partial charge in [-0.3, -0.25) is 18.1 Å². The molecular formula is C50H50Cl2F4N8O4. The Bertz CT molecular complexity index is 2830. The predicted molar refractivity (Wildman–Crippen MR) is 253 cm³/mol. The zero-order valence-electron chi connectivity index (χ0n) is 37.3. The average molecular weight is 974 g/mol. The molecule has 2 aromatic carbocycles. The number of nitrogens with one attached hydrogen (secondary N) is 2. The molecule has 2 atom stereocenters. The molecule has 0 saturated heterocycles. The van der Waals surface area contributed by atoms with E-state index in [4.69, 9.17) is 32.7 Å². The van der Waals surface area contributed by atoms with Gasteiger partial charge in [-0.25, -0.2) is 18.7 Å². The number of H-pyrrole nitrogens is 2. The van der Waals surface area contributed by atoms with E-state index in [2.05, 4.69) is 30.1 Å². The highest BCUT2D eigenvalue weighted by Gasteiger charge is 2.29. The van der Waals surface area contributed by atoms with E-state index >= 15 is 0 Å². The third-order valence-electron chi connectivity index (χ3n) is 13.5. The van der Waals surface area contributed by atoms with Crippen molar-refractivity contribution in [2.75, 3.05) is 27.6 Å². The zero-order valence-corrected chi connectivity index (χ0v) is 38.8. The van der Waals surface area contributed by atoms with Crippen LogP contribution < -0.4 is 9.47 Å². The molecule has 0 aliphatic heterocycles. The lowest BCUT2D eigenvalue weighted by Gasteiger charge is -2.25. The van der Waals surface area contributed by atoms with Crippen LogP contribution in [0.1, 0.15) is 97.5 Å². The molecule has 0 unspecified atom stereocenters. The number of halogens is 6. The number of aliphatic hydroxyl groups is 2. The van der Waals surface area contributed by atoms with Gasteiger partial charge < -0.3 is 29.7 Å². The van der Waals surface area contributed by atoms with Crippen LogP contribution in [0.5, 0.6) is 11.5 Å². The van der Waals surface area contributed by atoms with Crippen LogP contribution in [0.25, 0.3) is 44.3 Å². The van der Waals surface area contributed by atoms with E-state index in [0.29, 0.717) is 33.9 Å². The van der Waals surface area contributed by atoms with Crippen LogP contribution in [0, 0.1) is 11.6 Å². The molecule has 6 aromatic heterocycles. The minimum atomic E-state index is -0.833. The Morgan fingerprint density at radius 3 is 1.38 bits per heavy atom. The number of methoxy groups -OCH3 is 2. The number of rotatable bonds is 12. The molecule has 18 heteroatoms. The first-order valence-electron chi connectivity index (χ1n) is 22.5. The van der Waals surface area contributed by atoms with Crippen molar-refractivity contribution in [3.8, 4) is 33.8 Å². The van der Waals surface area contributed by atoms with Crippen LogP contribution in [0.15, 0.2) is 86.0 Å². The van der Waals surface area contributed by atoms with Gasteiger partial charge in [-0.15, -0.1) is 0 Å². The Balaban J connectivity index is 0.000000170. The fraction of sp³-hybridized carbons (Fsp3) is 0.360. The highest BCUT2D eigenvalue weighted by molar-refractivity contribution is 6.32. The quantitative estimate of drug-likeness (QED) is 0.0883. The van der Waals surface area contributed by atoms with Gasteiger partial charge in [0.25, 0.3) is 0 Å². The average Bonchev–Trinajstić information content (AvgIpc) is 4.21. The first kappa shape index (κ1) is 47.1. The maximum atomic E-state index is 14.4. The lowest BCUT2D eigenvalue weighted by Crippen LogP contribution is -2.21. The summed E-state index contributed by atoms with van der Waals surface area (Å²) in [6, 6.07) is 9.71. The maximum absolute atomic E-state index is 14.4. The van der Waals surface area contributed by atoms with Gasteiger partial charge in [0.05, 0.1) is 61.0 Å². The Morgan fingerprint density at radius 1 is 0.618 bits per heavy atom. The van der Waals surface area contributed by atoms with Crippen LogP contribution in [-0.2, 0) is 0 Å². The topological polar surface area (TPSA) is 152 Å². The van der Waals surface area contributed by atoms with Crippen molar-refractivity contribution in [2.45, 2.75) is 87.5 Å². The monoisotopic (exact) mass is 972 g/mol. The summed E-state index contributed by atoms with van der Waals surface area (Å²) >= 11 is 12.5. The number of hydrogen-bond donors (Lipinski definition) is 4. The third kappa shape index (κ3) is 9.30. The van der Waals surface area contributed by atoms with E-state index in [9.17, 15) is 27.8 Å². The van der Waals surface area contributed by atoms with Crippen molar-refractivity contribution >= 4 is 45.3 Å². The summed E-state index contributed by atoms with van der Waals surface area (Å²) in [4.78, 5) is 15.2. The van der Waals surface area contributed by atoms with E-state index in [1.165, 1.54) is 38.5 Å². The standard InChI is InChI=1S/2C25H25ClF2N4O2/c2*1-34-22-7-6-21(28)24(26)23(22)19(9-27)20-12-30-25-18(20)8-14(10-29-25)15-11-31-32(13-15)16-2-4-17(33)5-3-16/h2*6-8,10-13,16-17,19,33H,2-5,9H2,1H3,(H,29,30)/t2*16?,17?,19-/m10/s1. The Kier molecular flexibility index (Phi) is 14.1. The summed E-state index contributed by atoms with van der Waals surface area (Å²) in [7, 11) is 2.89. The molecule has 2 aliphatic carbocycles. The van der Waals surface area contributed by atoms with E-state index in [-0.39, 0.29) is 45.5 Å². The van der Waals surface area contributed by atoms with E-state index in [1.807, 2.05) is 33.9 Å². The number of aromatic nitrogens is 8. The number of nitrogens with zero attached hydrogens (tertiary/aromatic N) is 6. The minimum absolute atomic E-state index is 0.153. The highest BCUT2D eigenvalue weighted by Crippen LogP contribution is 2.44. The molecule has 4 N–H and O–H groups in total. The maximum Gasteiger partial charge on any atom is 0.142 e. The summed E-state index contributed by atoms with van der Waals surface area (Å²) in [6.45, 7) is -1.58. The van der Waals surface area contributed by atoms with Gasteiger partial charge in [0.2, 0.25) is 0 Å². The molecule has 0 spiro atoms. The van der Waals surface area contributed by atoms with Gasteiger partial charge in [0.1, 0.15) is 47.8 Å². The van der Waals surface area contributed by atoms with Gasteiger partial charge in [0, 0.05) is 93.2 Å². The zero-order chi connectivity index (χ0) is 47.6. The molecule has 2 fully saturated rings. The number of benzene rings is 2. The van der Waals surface area contributed by atoms with Crippen molar-refractivity contribution in [3.05, 3.63) is 130 Å². The lowest BCUT2D eigenvalue weighted by atomic mass is 9.91. The first-order valence-corrected chi connectivity index (χ1v) is 23.3. The minimum Gasteiger partial charge on any atom is -0.496 e. The number of fused-ring (bicyclic) bond motifs is 2. The summed E-state index contributed by atoms with van der Waals surface area (Å²) in [5.74, 6) is -2.27. The van der Waals surface area contributed by atoms with E-state index in [0.717, 1.165) is 84.4 Å². The van der Waals surface area contributed by atoms with Crippen molar-refractivity contribution in [1.82, 2.24) is 39.5 Å². The molecule has 12 nitrogen and oxygen atoms in total. The molecule has 68 heavy (non-hydrogen) atoms. The number of pyridine rings is 2. The summed E-state index contributed by atoms with van der Waals surface area (Å²) in [6.07, 6.45) is 20.6. The van der Waals surface area contributed by atoms with Gasteiger partial charge in [-0.05, 0) is 98.9 Å². The normalized spacial score (nSPS) is 19.4. The van der Waals surface area contributed by atoms with E-state index < -0.39 is 36.8 Å². The lowest BCUT2D eigenvalue weighted by molar-refractivity contribution is 0.107. The second kappa shape index (κ2) is 20.3. The first-order chi connectivity index (χ1) is 33.0. The van der Waals surface area contributed by atoms with Crippen LogP contribution in [0.3, 0.4) is 0 Å². The molecule has 0 radical (unpaired) electrons. The molecule has 2 aliphatic rings. The summed E-state index contributed by atoms with van der Waals surface area (Å²) in [5, 5.41) is 29.7. The molecule has 6 heterocycles. The largest absolute Gasteiger partial charge is 0.496 e. The predicted octanol–water partition coefficient (Wildman–Crippen LogP) is 11.6. The Labute approximate surface area is 399 Å². The fourth-order valence-corrected chi connectivity index (χ4v) is 10.3. The fourth-order valence-electron chi connectivity index (χ4n) is 9.69. The highest BCUT2D eigenvalue weighted by atomic mass is 35.5. The van der Waals surface area contributed by atoms with Gasteiger partial charge in [0.15, 0.2) is 0 Å². The molecule has 0 amide bonds. The van der Waals surface area contributed by atoms with Crippen molar-refractivity contribution in [3.63, 3.8) is 0 Å². The number of aliphatic hydroxyl groups excluding tert-OH is 2. The Hall–Kier alpha value is -5.94. The van der Waals surface area contributed by atoms with Crippen molar-refractivity contribution in [1.29, 1.82) is 0 Å². The molecule has 2 saturated carbocycles. The van der Waals surface area contributed by atoms with Crippen LogP contribution in [0.4, 0.5) is 17.6 Å². The van der Waals surface area contributed by atoms with Crippen molar-refractivity contribution in [2.24, 2.45) is 0 Å². The van der Waals surface area contributed by atoms with Crippen molar-refractivity contribution < 1.29 is 37.2 Å². The number of alkyl halides is 2. The third-order valence-corrected chi connectivity index (χ3v) is 14.2. The Morgan fingerprint density at radius 2 is 1.01 bits per heavy atom. The molecule has 0 bridgehead atoms. The molecule has 8 aromatic rings. The van der Waals surface area contributed by atoms with Gasteiger partial charge in [-0.2, -0.15) is 10.2 Å². The van der Waals surface area contributed by atoms with Crippen LogP contribution in [0.2, 0.25) is 10.0 Å². The second-order valence-corrected chi connectivity index (χ2v) is 18.2. The summed E-state index contributed by atoms with van der Waals surface area (Å²) < 4.78 is 72.0. The van der Waals surface area contributed by atoms with Gasteiger partial charge in [-0.1, -0.05) is 23.2 Å². The van der Waals surface area contributed by atoms with Gasteiger partial charge >= 0.3 is 0 Å². The number of aromatic amines is 2. The second-order valence-electron chi connectivity index (χ2n) is 17.4. The molecule has 356 valence electrons. The SMILES string of the molecule is COc1ccc(F)c(Cl)c1[C@@H](CF)c1c[nH]c2ncc(-c3cnn(C4CCC(O)CC4)c3)cc12.COc1ccc(F)c(Cl)c1[C@H](CF)c1c[nH]c2ncc(-c3cnn(C4CCC(O)CC4)c3)cc12. The van der Waals surface area contributed by atoms with Crippen LogP contribution in [-0.4, -0.2) is 89.5 Å². The number of hydrogen-bond acceptors (Lipinski definition) is 8. The molecular weight excluding hydrogens is 923 g/mol. The molecule has 10 rings (SSSR count). The number of ether oxygens (including phenoxy) is 2. The smallest absolute Gasteiger partial charge is 0.142 e. The van der Waals surface area contributed by atoms with Crippen LogP contribution >= 0.6 is 23.2 Å². The van der Waals surface area contributed by atoms with E-state index in [1.54, 1.807) is 37.2 Å².